The molecule has 4 rings (SSSR count). The highest BCUT2D eigenvalue weighted by molar-refractivity contribution is 5.67. The van der Waals surface area contributed by atoms with Crippen LogP contribution in [0.25, 0.3) is 0 Å². The Morgan fingerprint density at radius 1 is 0.643 bits per heavy atom. The fraction of sp³-hybridized carbons (Fsp3) is 0.182. The molecule has 3 aromatic rings. The number of hydrogen-bond donors (Lipinski definition) is 4. The number of nitrogen functional groups attached to an aromatic ring is 4. The molecule has 28 heavy (non-hydrogen) atoms. The summed E-state index contributed by atoms with van der Waals surface area (Å²) in [7, 11) is 0. The van der Waals surface area contributed by atoms with Gasteiger partial charge in [-0.15, -0.1) is 0 Å². The van der Waals surface area contributed by atoms with E-state index in [-0.39, 0.29) is 17.9 Å². The Kier molecular flexibility index (Phi) is 4.47. The van der Waals surface area contributed by atoms with Crippen molar-refractivity contribution >= 4 is 28.4 Å². The van der Waals surface area contributed by atoms with E-state index in [1.165, 1.54) is 12.1 Å². The first-order chi connectivity index (χ1) is 13.4. The van der Waals surface area contributed by atoms with Crippen LogP contribution in [0.15, 0.2) is 60.7 Å². The van der Waals surface area contributed by atoms with Crippen molar-refractivity contribution in [3.63, 3.8) is 0 Å². The minimum Gasteiger partial charge on any atom is -0.397 e. The van der Waals surface area contributed by atoms with Crippen LogP contribution in [0.5, 0.6) is 0 Å². The van der Waals surface area contributed by atoms with Gasteiger partial charge in [0, 0.05) is 5.69 Å². The zero-order valence-corrected chi connectivity index (χ0v) is 15.5. The standard InChI is InChI=1S/C22H24FN5/c23-15-3-5-16(6-4-15)28-21(13-1-7-17(24)19(26)11-13)9-10-22(28)14-2-8-18(25)20(27)12-14/h1-8,11-12,21-22H,9-10,24-27H2. The Morgan fingerprint density at radius 2 is 1.11 bits per heavy atom. The second-order valence-corrected chi connectivity index (χ2v) is 7.27. The molecule has 1 heterocycles. The first-order valence-corrected chi connectivity index (χ1v) is 9.27. The highest BCUT2D eigenvalue weighted by Gasteiger charge is 2.35. The largest absolute Gasteiger partial charge is 0.397 e. The Labute approximate surface area is 163 Å². The summed E-state index contributed by atoms with van der Waals surface area (Å²) in [5.41, 5.74) is 29.3. The molecule has 0 aromatic heterocycles. The summed E-state index contributed by atoms with van der Waals surface area (Å²) in [4.78, 5) is 2.30. The maximum absolute atomic E-state index is 13.5. The first kappa shape index (κ1) is 18.0. The van der Waals surface area contributed by atoms with Gasteiger partial charge in [0.1, 0.15) is 5.82 Å². The van der Waals surface area contributed by atoms with Crippen LogP contribution in [0.3, 0.4) is 0 Å². The van der Waals surface area contributed by atoms with Crippen molar-refractivity contribution in [2.45, 2.75) is 24.9 Å². The molecular weight excluding hydrogens is 353 g/mol. The third kappa shape index (κ3) is 3.17. The Morgan fingerprint density at radius 3 is 1.54 bits per heavy atom. The second kappa shape index (κ2) is 6.96. The van der Waals surface area contributed by atoms with Crippen molar-refractivity contribution in [3.05, 3.63) is 77.6 Å². The summed E-state index contributed by atoms with van der Waals surface area (Å²) >= 11 is 0. The molecule has 1 aliphatic heterocycles. The smallest absolute Gasteiger partial charge is 0.123 e. The number of nitrogens with zero attached hydrogens (tertiary/aromatic N) is 1. The minimum absolute atomic E-state index is 0.0946. The third-order valence-corrected chi connectivity index (χ3v) is 5.50. The molecule has 0 radical (unpaired) electrons. The molecule has 0 bridgehead atoms. The lowest BCUT2D eigenvalue weighted by Crippen LogP contribution is -2.26. The van der Waals surface area contributed by atoms with Gasteiger partial charge >= 0.3 is 0 Å². The molecule has 0 spiro atoms. The van der Waals surface area contributed by atoms with E-state index in [2.05, 4.69) is 4.90 Å². The van der Waals surface area contributed by atoms with Crippen molar-refractivity contribution < 1.29 is 4.39 Å². The lowest BCUT2D eigenvalue weighted by Gasteiger charge is -2.33. The van der Waals surface area contributed by atoms with Crippen LogP contribution in [0.2, 0.25) is 0 Å². The van der Waals surface area contributed by atoms with Gasteiger partial charge in [0.2, 0.25) is 0 Å². The number of nitrogens with two attached hydrogens (primary N) is 4. The minimum atomic E-state index is -0.260. The number of anilines is 5. The highest BCUT2D eigenvalue weighted by Crippen LogP contribution is 2.47. The molecule has 1 saturated heterocycles. The molecule has 1 fully saturated rings. The van der Waals surface area contributed by atoms with Gasteiger partial charge in [-0.05, 0) is 72.5 Å². The molecule has 2 unspecified atom stereocenters. The van der Waals surface area contributed by atoms with E-state index >= 15 is 0 Å². The van der Waals surface area contributed by atoms with Crippen LogP contribution in [0, 0.1) is 5.82 Å². The maximum atomic E-state index is 13.5. The molecule has 2 atom stereocenters. The van der Waals surface area contributed by atoms with Gasteiger partial charge in [-0.3, -0.25) is 0 Å². The second-order valence-electron chi connectivity index (χ2n) is 7.27. The van der Waals surface area contributed by atoms with Crippen LogP contribution < -0.4 is 27.8 Å². The molecule has 1 aliphatic rings. The van der Waals surface area contributed by atoms with Gasteiger partial charge in [-0.25, -0.2) is 4.39 Å². The summed E-state index contributed by atoms with van der Waals surface area (Å²) in [5, 5.41) is 0. The average molecular weight is 377 g/mol. The zero-order valence-electron chi connectivity index (χ0n) is 15.5. The molecule has 0 saturated carbocycles. The van der Waals surface area contributed by atoms with Gasteiger partial charge in [0.15, 0.2) is 0 Å². The van der Waals surface area contributed by atoms with E-state index in [0.717, 1.165) is 29.7 Å². The van der Waals surface area contributed by atoms with Crippen LogP contribution in [0.1, 0.15) is 36.1 Å². The number of rotatable bonds is 3. The normalized spacial score (nSPS) is 19.1. The van der Waals surface area contributed by atoms with E-state index in [0.29, 0.717) is 22.7 Å². The number of halogens is 1. The summed E-state index contributed by atoms with van der Waals surface area (Å²) in [5.74, 6) is -0.260. The lowest BCUT2D eigenvalue weighted by molar-refractivity contribution is 0.625. The quantitative estimate of drug-likeness (QED) is 0.511. The highest BCUT2D eigenvalue weighted by atomic mass is 19.1. The molecular formula is C22H24FN5. The number of hydrogen-bond acceptors (Lipinski definition) is 5. The van der Waals surface area contributed by atoms with Crippen LogP contribution in [0.4, 0.5) is 32.8 Å². The molecule has 144 valence electrons. The first-order valence-electron chi connectivity index (χ1n) is 9.27. The summed E-state index contributed by atoms with van der Waals surface area (Å²) < 4.78 is 13.5. The van der Waals surface area contributed by atoms with E-state index in [4.69, 9.17) is 22.9 Å². The van der Waals surface area contributed by atoms with Gasteiger partial charge in [0.05, 0.1) is 34.8 Å². The van der Waals surface area contributed by atoms with Crippen molar-refractivity contribution in [1.82, 2.24) is 0 Å². The molecule has 8 N–H and O–H groups in total. The van der Waals surface area contributed by atoms with Crippen LogP contribution in [-0.4, -0.2) is 0 Å². The Hall–Kier alpha value is -3.41. The van der Waals surface area contributed by atoms with Gasteiger partial charge in [-0.1, -0.05) is 12.1 Å². The van der Waals surface area contributed by atoms with E-state index in [9.17, 15) is 4.39 Å². The topological polar surface area (TPSA) is 107 Å². The van der Waals surface area contributed by atoms with E-state index in [1.807, 2.05) is 48.5 Å². The van der Waals surface area contributed by atoms with Gasteiger partial charge in [0.25, 0.3) is 0 Å². The third-order valence-electron chi connectivity index (χ3n) is 5.50. The van der Waals surface area contributed by atoms with Crippen molar-refractivity contribution in [3.8, 4) is 0 Å². The van der Waals surface area contributed by atoms with Crippen LogP contribution in [-0.2, 0) is 0 Å². The summed E-state index contributed by atoms with van der Waals surface area (Å²) in [6.07, 6.45) is 1.85. The van der Waals surface area contributed by atoms with Crippen molar-refractivity contribution in [2.75, 3.05) is 27.8 Å². The zero-order chi connectivity index (χ0) is 19.8. The Bertz CT molecular complexity index is 943. The maximum Gasteiger partial charge on any atom is 0.123 e. The average Bonchev–Trinajstić information content (AvgIpc) is 3.12. The van der Waals surface area contributed by atoms with Gasteiger partial charge in [-0.2, -0.15) is 0 Å². The monoisotopic (exact) mass is 377 g/mol. The van der Waals surface area contributed by atoms with Crippen molar-refractivity contribution in [2.24, 2.45) is 0 Å². The molecule has 0 aliphatic carbocycles. The fourth-order valence-corrected chi connectivity index (χ4v) is 4.04. The molecule has 5 nitrogen and oxygen atoms in total. The molecule has 0 amide bonds. The lowest BCUT2D eigenvalue weighted by atomic mass is 10.0. The van der Waals surface area contributed by atoms with Crippen LogP contribution >= 0.6 is 0 Å². The van der Waals surface area contributed by atoms with E-state index < -0.39 is 0 Å². The SMILES string of the molecule is Nc1ccc(C2CCC(c3ccc(N)c(N)c3)N2c2ccc(F)cc2)cc1N. The molecule has 6 heteroatoms. The predicted molar refractivity (Wildman–Crippen MR) is 114 cm³/mol. The molecule has 3 aromatic carbocycles. The Balaban J connectivity index is 1.79. The predicted octanol–water partition coefficient (Wildman–Crippen LogP) is 4.24. The summed E-state index contributed by atoms with van der Waals surface area (Å²) in [6.45, 7) is 0. The van der Waals surface area contributed by atoms with E-state index in [1.54, 1.807) is 0 Å². The van der Waals surface area contributed by atoms with Gasteiger partial charge < -0.3 is 27.8 Å². The summed E-state index contributed by atoms with van der Waals surface area (Å²) in [6, 6.07) is 18.3. The van der Waals surface area contributed by atoms with Crippen molar-refractivity contribution in [1.29, 1.82) is 0 Å². The fourth-order valence-electron chi connectivity index (χ4n) is 4.04. The number of benzene rings is 3.